The number of nitrogens with zero attached hydrogens (tertiary/aromatic N) is 2. The molecular formula is C14H18N2O3. The topological polar surface area (TPSA) is 63.5 Å². The van der Waals surface area contributed by atoms with Crippen molar-refractivity contribution in [1.82, 2.24) is 4.90 Å². The zero-order valence-corrected chi connectivity index (χ0v) is 11.2. The third-order valence-corrected chi connectivity index (χ3v) is 2.72. The number of hydrogen-bond donors (Lipinski definition) is 0. The second-order valence-electron chi connectivity index (χ2n) is 4.30. The molecule has 0 radical (unpaired) electrons. The van der Waals surface area contributed by atoms with Gasteiger partial charge < -0.3 is 4.90 Å². The predicted molar refractivity (Wildman–Crippen MR) is 74.7 cm³/mol. The average Bonchev–Trinajstić information content (AvgIpc) is 2.42. The Kier molecular flexibility index (Phi) is 5.73. The number of benzene rings is 1. The number of non-ortho nitro benzene ring substituents is 1. The molecule has 5 nitrogen and oxygen atoms in total. The molecule has 102 valence electrons. The Labute approximate surface area is 112 Å². The van der Waals surface area contributed by atoms with Crippen LogP contribution in [0.15, 0.2) is 30.3 Å². The predicted octanol–water partition coefficient (Wildman–Crippen LogP) is 2.87. The van der Waals surface area contributed by atoms with Gasteiger partial charge in [0, 0.05) is 31.8 Å². The Hall–Kier alpha value is -2.17. The Morgan fingerprint density at radius 3 is 2.84 bits per heavy atom. The molecule has 19 heavy (non-hydrogen) atoms. The van der Waals surface area contributed by atoms with Gasteiger partial charge in [0.25, 0.3) is 5.69 Å². The molecule has 0 fully saturated rings. The minimum atomic E-state index is -0.452. The number of carbonyl (C=O) groups excluding carboxylic acids is 1. The molecule has 1 rings (SSSR count). The molecule has 0 atom stereocenters. The summed E-state index contributed by atoms with van der Waals surface area (Å²) in [7, 11) is 1.75. The van der Waals surface area contributed by atoms with E-state index in [4.69, 9.17) is 0 Å². The van der Waals surface area contributed by atoms with Crippen molar-refractivity contribution in [2.75, 3.05) is 13.6 Å². The number of hydrogen-bond acceptors (Lipinski definition) is 3. The van der Waals surface area contributed by atoms with Crippen LogP contribution in [-0.2, 0) is 4.79 Å². The van der Waals surface area contributed by atoms with E-state index in [1.807, 2.05) is 0 Å². The van der Waals surface area contributed by atoms with E-state index in [0.717, 1.165) is 12.8 Å². The molecule has 1 amide bonds. The van der Waals surface area contributed by atoms with Crippen LogP contribution in [0.4, 0.5) is 5.69 Å². The van der Waals surface area contributed by atoms with Gasteiger partial charge in [-0.15, -0.1) is 0 Å². The molecule has 0 aliphatic heterocycles. The summed E-state index contributed by atoms with van der Waals surface area (Å²) >= 11 is 0. The minimum Gasteiger partial charge on any atom is -0.342 e. The summed E-state index contributed by atoms with van der Waals surface area (Å²) in [6, 6.07) is 6.19. The van der Waals surface area contributed by atoms with Crippen molar-refractivity contribution in [2.45, 2.75) is 19.8 Å². The first kappa shape index (κ1) is 14.9. The van der Waals surface area contributed by atoms with E-state index in [0.29, 0.717) is 12.1 Å². The highest BCUT2D eigenvalue weighted by atomic mass is 16.6. The lowest BCUT2D eigenvalue weighted by Crippen LogP contribution is -2.25. The van der Waals surface area contributed by atoms with E-state index in [2.05, 4.69) is 6.92 Å². The van der Waals surface area contributed by atoms with E-state index in [-0.39, 0.29) is 11.6 Å². The second-order valence-corrected chi connectivity index (χ2v) is 4.30. The van der Waals surface area contributed by atoms with Gasteiger partial charge in [-0.2, -0.15) is 0 Å². The van der Waals surface area contributed by atoms with Gasteiger partial charge in [0.05, 0.1) is 4.92 Å². The fourth-order valence-electron chi connectivity index (χ4n) is 1.54. The lowest BCUT2D eigenvalue weighted by molar-refractivity contribution is -0.384. The van der Waals surface area contributed by atoms with Gasteiger partial charge in [-0.25, -0.2) is 0 Å². The Bertz CT molecular complexity index is 483. The smallest absolute Gasteiger partial charge is 0.270 e. The van der Waals surface area contributed by atoms with Crippen LogP contribution >= 0.6 is 0 Å². The van der Waals surface area contributed by atoms with E-state index in [1.165, 1.54) is 18.2 Å². The van der Waals surface area contributed by atoms with Gasteiger partial charge in [-0.3, -0.25) is 14.9 Å². The Morgan fingerprint density at radius 1 is 1.47 bits per heavy atom. The number of rotatable bonds is 6. The summed E-state index contributed by atoms with van der Waals surface area (Å²) < 4.78 is 0. The van der Waals surface area contributed by atoms with E-state index >= 15 is 0 Å². The maximum Gasteiger partial charge on any atom is 0.270 e. The third kappa shape index (κ3) is 4.91. The number of amides is 1. The number of nitro groups is 1. The molecule has 1 aromatic rings. The maximum atomic E-state index is 11.7. The van der Waals surface area contributed by atoms with E-state index in [1.54, 1.807) is 30.2 Å². The van der Waals surface area contributed by atoms with Crippen molar-refractivity contribution in [3.8, 4) is 0 Å². The molecule has 0 aliphatic carbocycles. The summed E-state index contributed by atoms with van der Waals surface area (Å²) in [4.78, 5) is 23.6. The molecule has 0 N–H and O–H groups in total. The summed E-state index contributed by atoms with van der Waals surface area (Å²) in [5.74, 6) is -0.0973. The molecule has 0 spiro atoms. The van der Waals surface area contributed by atoms with Crippen molar-refractivity contribution in [3.05, 3.63) is 46.0 Å². The first-order valence-electron chi connectivity index (χ1n) is 6.22. The average molecular weight is 262 g/mol. The largest absolute Gasteiger partial charge is 0.342 e. The molecule has 0 bridgehead atoms. The van der Waals surface area contributed by atoms with Crippen LogP contribution in [0.2, 0.25) is 0 Å². The zero-order valence-electron chi connectivity index (χ0n) is 11.2. The molecular weight excluding hydrogens is 244 g/mol. The third-order valence-electron chi connectivity index (χ3n) is 2.72. The van der Waals surface area contributed by atoms with Crippen LogP contribution in [0.25, 0.3) is 6.08 Å². The highest BCUT2D eigenvalue weighted by Gasteiger charge is 2.05. The van der Waals surface area contributed by atoms with E-state index < -0.39 is 4.92 Å². The summed E-state index contributed by atoms with van der Waals surface area (Å²) in [6.07, 6.45) is 5.03. The first-order valence-corrected chi connectivity index (χ1v) is 6.22. The second kappa shape index (κ2) is 7.31. The SMILES string of the molecule is CCCCN(C)C(=O)C=Cc1cccc([N+](=O)[O-])c1. The van der Waals surface area contributed by atoms with Crippen molar-refractivity contribution in [1.29, 1.82) is 0 Å². The number of carbonyl (C=O) groups is 1. The van der Waals surface area contributed by atoms with Crippen molar-refractivity contribution < 1.29 is 9.72 Å². The number of nitro benzene ring substituents is 1. The molecule has 0 aromatic heterocycles. The summed E-state index contributed by atoms with van der Waals surface area (Å²) in [5.41, 5.74) is 0.667. The maximum absolute atomic E-state index is 11.7. The lowest BCUT2D eigenvalue weighted by Gasteiger charge is -2.13. The molecule has 0 saturated heterocycles. The van der Waals surface area contributed by atoms with Crippen LogP contribution < -0.4 is 0 Å². The van der Waals surface area contributed by atoms with Gasteiger partial charge >= 0.3 is 0 Å². The minimum absolute atomic E-state index is 0.0222. The van der Waals surface area contributed by atoms with E-state index in [9.17, 15) is 14.9 Å². The van der Waals surface area contributed by atoms with Gasteiger partial charge in [-0.05, 0) is 18.1 Å². The van der Waals surface area contributed by atoms with Gasteiger partial charge in [0.2, 0.25) is 5.91 Å². The highest BCUT2D eigenvalue weighted by molar-refractivity contribution is 5.91. The number of likely N-dealkylation sites (N-methyl/N-ethyl adjacent to an activating group) is 1. The standard InChI is InChI=1S/C14H18N2O3/c1-3-4-10-15(2)14(17)9-8-12-6-5-7-13(11-12)16(18)19/h5-9,11H,3-4,10H2,1-2H3. The molecule has 5 heteroatoms. The zero-order chi connectivity index (χ0) is 14.3. The van der Waals surface area contributed by atoms with Crippen molar-refractivity contribution >= 4 is 17.7 Å². The van der Waals surface area contributed by atoms with Gasteiger partial charge in [0.15, 0.2) is 0 Å². The normalized spacial score (nSPS) is 10.6. The Morgan fingerprint density at radius 2 is 2.21 bits per heavy atom. The van der Waals surface area contributed by atoms with Crippen LogP contribution in [0.3, 0.4) is 0 Å². The van der Waals surface area contributed by atoms with Gasteiger partial charge in [0.1, 0.15) is 0 Å². The summed E-state index contributed by atoms with van der Waals surface area (Å²) in [6.45, 7) is 2.78. The van der Waals surface area contributed by atoms with Crippen molar-refractivity contribution in [3.63, 3.8) is 0 Å². The van der Waals surface area contributed by atoms with Crippen LogP contribution in [0.1, 0.15) is 25.3 Å². The lowest BCUT2D eigenvalue weighted by atomic mass is 10.2. The van der Waals surface area contributed by atoms with Gasteiger partial charge in [-0.1, -0.05) is 25.5 Å². The van der Waals surface area contributed by atoms with Crippen molar-refractivity contribution in [2.24, 2.45) is 0 Å². The Balaban J connectivity index is 2.68. The fourth-order valence-corrected chi connectivity index (χ4v) is 1.54. The molecule has 0 aliphatic rings. The monoisotopic (exact) mass is 262 g/mol. The fraction of sp³-hybridized carbons (Fsp3) is 0.357. The molecule has 0 unspecified atom stereocenters. The highest BCUT2D eigenvalue weighted by Crippen LogP contribution is 2.14. The molecule has 1 aromatic carbocycles. The molecule has 0 heterocycles. The molecule has 0 saturated carbocycles. The summed E-state index contributed by atoms with van der Waals surface area (Å²) in [5, 5.41) is 10.6. The van der Waals surface area contributed by atoms with Crippen LogP contribution in [0, 0.1) is 10.1 Å². The van der Waals surface area contributed by atoms with Crippen LogP contribution in [-0.4, -0.2) is 29.3 Å². The first-order chi connectivity index (χ1) is 9.04. The van der Waals surface area contributed by atoms with Crippen LogP contribution in [0.5, 0.6) is 0 Å². The quantitative estimate of drug-likeness (QED) is 0.450. The number of unbranched alkanes of at least 4 members (excludes halogenated alkanes) is 1.